The summed E-state index contributed by atoms with van der Waals surface area (Å²) in [5.41, 5.74) is 3.25. The first-order valence-electron chi connectivity index (χ1n) is 6.89. The summed E-state index contributed by atoms with van der Waals surface area (Å²) in [5.74, 6) is 0. The fraction of sp³-hybridized carbons (Fsp3) is 0.312. The van der Waals surface area contributed by atoms with Crippen LogP contribution in [0.2, 0.25) is 0 Å². The maximum Gasteiger partial charge on any atom is 0.192 e. The minimum absolute atomic E-state index is 0.0939. The van der Waals surface area contributed by atoms with Crippen molar-refractivity contribution in [3.05, 3.63) is 53.7 Å². The largest absolute Gasteiger partial charge is 0.377 e. The number of nitrogens with zero attached hydrogens (tertiary/aromatic N) is 1. The van der Waals surface area contributed by atoms with Gasteiger partial charge in [-0.2, -0.15) is 0 Å². The van der Waals surface area contributed by atoms with Crippen molar-refractivity contribution >= 4 is 15.5 Å². The van der Waals surface area contributed by atoms with Gasteiger partial charge in [-0.25, -0.2) is 13.4 Å². The summed E-state index contributed by atoms with van der Waals surface area (Å²) in [6.07, 6.45) is 3.65. The minimum Gasteiger partial charge on any atom is -0.377 e. The van der Waals surface area contributed by atoms with Crippen LogP contribution in [0.4, 0.5) is 5.69 Å². The Morgan fingerprint density at radius 2 is 1.81 bits per heavy atom. The van der Waals surface area contributed by atoms with Crippen LogP contribution in [0.25, 0.3) is 0 Å². The maximum atomic E-state index is 11.4. The van der Waals surface area contributed by atoms with Crippen molar-refractivity contribution in [2.75, 3.05) is 11.6 Å². The van der Waals surface area contributed by atoms with Crippen molar-refractivity contribution in [1.82, 2.24) is 4.98 Å². The molecule has 0 spiro atoms. The molecule has 0 fully saturated rings. The zero-order chi connectivity index (χ0) is 15.5. The normalized spacial score (nSPS) is 12.9. The molecule has 0 saturated carbocycles. The number of aryl methyl sites for hydroxylation is 1. The van der Waals surface area contributed by atoms with Crippen LogP contribution in [-0.2, 0) is 9.84 Å². The molecule has 0 radical (unpaired) electrons. The molecule has 2 aromatic rings. The van der Waals surface area contributed by atoms with Crippen LogP contribution < -0.4 is 5.32 Å². The van der Waals surface area contributed by atoms with Crippen molar-refractivity contribution < 1.29 is 8.42 Å². The molecule has 1 heterocycles. The summed E-state index contributed by atoms with van der Waals surface area (Å²) in [7, 11) is -3.25. The van der Waals surface area contributed by atoms with Gasteiger partial charge in [-0.15, -0.1) is 0 Å². The van der Waals surface area contributed by atoms with E-state index in [-0.39, 0.29) is 11.1 Å². The van der Waals surface area contributed by atoms with Gasteiger partial charge in [0.05, 0.1) is 17.9 Å². The first kappa shape index (κ1) is 15.5. The van der Waals surface area contributed by atoms with Crippen molar-refractivity contribution in [3.8, 4) is 0 Å². The number of sulfone groups is 1. The molecule has 112 valence electrons. The number of rotatable bonds is 5. The quantitative estimate of drug-likeness (QED) is 0.920. The molecule has 0 aliphatic carbocycles. The van der Waals surface area contributed by atoms with Gasteiger partial charge in [0.1, 0.15) is 0 Å². The zero-order valence-electron chi connectivity index (χ0n) is 12.5. The van der Waals surface area contributed by atoms with Gasteiger partial charge in [0, 0.05) is 6.26 Å². The fourth-order valence-electron chi connectivity index (χ4n) is 2.11. The number of anilines is 1. The van der Waals surface area contributed by atoms with Crippen molar-refractivity contribution in [3.63, 3.8) is 0 Å². The number of nitrogens with one attached hydrogen (secondary N) is 1. The molecule has 4 nitrogen and oxygen atoms in total. The highest BCUT2D eigenvalue weighted by Gasteiger charge is 2.11. The second-order valence-corrected chi connectivity index (χ2v) is 7.14. The Morgan fingerprint density at radius 1 is 1.14 bits per heavy atom. The minimum atomic E-state index is -3.25. The average Bonchev–Trinajstić information content (AvgIpc) is 2.45. The highest BCUT2D eigenvalue weighted by Crippen LogP contribution is 2.23. The average molecular weight is 304 g/mol. The van der Waals surface area contributed by atoms with Gasteiger partial charge in [-0.1, -0.05) is 36.8 Å². The summed E-state index contributed by atoms with van der Waals surface area (Å²) < 4.78 is 22.8. The van der Waals surface area contributed by atoms with E-state index >= 15 is 0 Å². The van der Waals surface area contributed by atoms with E-state index in [0.717, 1.165) is 18.4 Å². The van der Waals surface area contributed by atoms with Gasteiger partial charge in [0.25, 0.3) is 0 Å². The van der Waals surface area contributed by atoms with E-state index in [0.29, 0.717) is 0 Å². The third-order valence-electron chi connectivity index (χ3n) is 3.35. The smallest absolute Gasteiger partial charge is 0.192 e. The Hall–Kier alpha value is -1.88. The van der Waals surface area contributed by atoms with E-state index < -0.39 is 9.84 Å². The first-order chi connectivity index (χ1) is 9.90. The van der Waals surface area contributed by atoms with Crippen LogP contribution in [-0.4, -0.2) is 19.7 Å². The monoisotopic (exact) mass is 304 g/mol. The van der Waals surface area contributed by atoms with Crippen LogP contribution in [0.5, 0.6) is 0 Å². The molecule has 1 unspecified atom stereocenters. The molecule has 1 N–H and O–H groups in total. The second kappa shape index (κ2) is 6.26. The third-order valence-corrected chi connectivity index (χ3v) is 4.35. The molecule has 0 amide bonds. The van der Waals surface area contributed by atoms with Crippen LogP contribution in [0.3, 0.4) is 0 Å². The Morgan fingerprint density at radius 3 is 2.29 bits per heavy atom. The molecule has 0 aliphatic heterocycles. The van der Waals surface area contributed by atoms with Crippen molar-refractivity contribution in [2.45, 2.75) is 31.3 Å². The standard InChI is InChI=1S/C16H20N2O2S/c1-4-15(13-7-5-12(2)6-8-13)18-14-9-10-16(17-11-14)21(3,19)20/h5-11,15,18H,4H2,1-3H3. The highest BCUT2D eigenvalue weighted by atomic mass is 32.2. The molecule has 1 atom stereocenters. The first-order valence-corrected chi connectivity index (χ1v) is 8.78. The molecular weight excluding hydrogens is 284 g/mol. The Kier molecular flexibility index (Phi) is 4.63. The van der Waals surface area contributed by atoms with Gasteiger partial charge in [-0.3, -0.25) is 0 Å². The molecule has 1 aromatic carbocycles. The Labute approximate surface area is 126 Å². The molecule has 21 heavy (non-hydrogen) atoms. The molecule has 0 saturated heterocycles. The summed E-state index contributed by atoms with van der Waals surface area (Å²) >= 11 is 0. The third kappa shape index (κ3) is 4.04. The number of pyridine rings is 1. The molecule has 5 heteroatoms. The number of aromatic nitrogens is 1. The van der Waals surface area contributed by atoms with Crippen LogP contribution in [0.15, 0.2) is 47.6 Å². The van der Waals surface area contributed by atoms with Crippen LogP contribution in [0, 0.1) is 6.92 Å². The molecular formula is C16H20N2O2S. The van der Waals surface area contributed by atoms with E-state index in [2.05, 4.69) is 48.4 Å². The lowest BCUT2D eigenvalue weighted by Crippen LogP contribution is -2.10. The van der Waals surface area contributed by atoms with Gasteiger partial charge >= 0.3 is 0 Å². The molecule has 0 aliphatic rings. The van der Waals surface area contributed by atoms with Crippen molar-refractivity contribution in [2.24, 2.45) is 0 Å². The zero-order valence-corrected chi connectivity index (χ0v) is 13.3. The predicted molar refractivity (Wildman–Crippen MR) is 85.2 cm³/mol. The molecule has 0 bridgehead atoms. The molecule has 2 rings (SSSR count). The summed E-state index contributed by atoms with van der Waals surface area (Å²) in [5, 5.41) is 3.48. The second-order valence-electron chi connectivity index (χ2n) is 5.17. The lowest BCUT2D eigenvalue weighted by atomic mass is 10.0. The predicted octanol–water partition coefficient (Wildman–Crippen LogP) is 3.36. The van der Waals surface area contributed by atoms with E-state index in [1.165, 1.54) is 17.2 Å². The number of hydrogen-bond donors (Lipinski definition) is 1. The lowest BCUT2D eigenvalue weighted by molar-refractivity contribution is 0.598. The number of hydrogen-bond acceptors (Lipinski definition) is 4. The highest BCUT2D eigenvalue weighted by molar-refractivity contribution is 7.90. The van der Waals surface area contributed by atoms with Gasteiger partial charge in [0.2, 0.25) is 0 Å². The van der Waals surface area contributed by atoms with Gasteiger partial charge in [-0.05, 0) is 31.0 Å². The fourth-order valence-corrected chi connectivity index (χ4v) is 2.67. The van der Waals surface area contributed by atoms with Crippen LogP contribution in [0.1, 0.15) is 30.5 Å². The summed E-state index contributed by atoms with van der Waals surface area (Å²) in [6.45, 7) is 4.17. The Balaban J connectivity index is 2.17. The van der Waals surface area contributed by atoms with Gasteiger partial charge < -0.3 is 5.32 Å². The van der Waals surface area contributed by atoms with E-state index in [1.54, 1.807) is 12.3 Å². The van der Waals surface area contributed by atoms with Crippen molar-refractivity contribution in [1.29, 1.82) is 0 Å². The summed E-state index contributed by atoms with van der Waals surface area (Å²) in [4.78, 5) is 3.99. The maximum absolute atomic E-state index is 11.4. The van der Waals surface area contributed by atoms with E-state index in [1.807, 2.05) is 0 Å². The summed E-state index contributed by atoms with van der Waals surface area (Å²) in [6, 6.07) is 11.8. The molecule has 1 aromatic heterocycles. The number of benzene rings is 1. The Bertz CT molecular complexity index is 692. The van der Waals surface area contributed by atoms with Crippen LogP contribution >= 0.6 is 0 Å². The van der Waals surface area contributed by atoms with Gasteiger partial charge in [0.15, 0.2) is 14.9 Å². The van der Waals surface area contributed by atoms with E-state index in [9.17, 15) is 8.42 Å². The topological polar surface area (TPSA) is 59.1 Å². The lowest BCUT2D eigenvalue weighted by Gasteiger charge is -2.19. The SMILES string of the molecule is CCC(Nc1ccc(S(C)(=O)=O)nc1)c1ccc(C)cc1. The van der Waals surface area contributed by atoms with E-state index in [4.69, 9.17) is 0 Å².